The van der Waals surface area contributed by atoms with E-state index in [1.54, 1.807) is 26.6 Å². The van der Waals surface area contributed by atoms with Crippen molar-refractivity contribution in [2.24, 2.45) is 0 Å². The first-order valence-corrected chi connectivity index (χ1v) is 5.68. The van der Waals surface area contributed by atoms with Gasteiger partial charge in [-0.2, -0.15) is 0 Å². The predicted octanol–water partition coefficient (Wildman–Crippen LogP) is 2.71. The average Bonchev–Trinajstić information content (AvgIpc) is 2.46. The maximum absolute atomic E-state index is 5.34. The highest BCUT2D eigenvalue weighted by molar-refractivity contribution is 5.45. The molecule has 0 amide bonds. The van der Waals surface area contributed by atoms with Gasteiger partial charge in [-0.25, -0.2) is 0 Å². The van der Waals surface area contributed by atoms with Crippen LogP contribution in [0.2, 0.25) is 0 Å². The molecule has 0 aliphatic carbocycles. The number of nitrogens with one attached hydrogen (secondary N) is 1. The van der Waals surface area contributed by atoms with E-state index in [2.05, 4.69) is 10.3 Å². The van der Waals surface area contributed by atoms with Gasteiger partial charge in [-0.15, -0.1) is 0 Å². The Bertz CT molecular complexity index is 500. The van der Waals surface area contributed by atoms with Crippen LogP contribution in [-0.4, -0.2) is 19.2 Å². The Balaban J connectivity index is 2.09. The summed E-state index contributed by atoms with van der Waals surface area (Å²) in [4.78, 5) is 4.05. The Kier molecular flexibility index (Phi) is 4.02. The minimum absolute atomic E-state index is 0.679. The van der Waals surface area contributed by atoms with Gasteiger partial charge in [0.15, 0.2) is 0 Å². The number of nitrogens with zero attached hydrogens (tertiary/aromatic N) is 1. The van der Waals surface area contributed by atoms with E-state index < -0.39 is 0 Å². The van der Waals surface area contributed by atoms with Crippen molar-refractivity contribution in [3.63, 3.8) is 0 Å². The largest absolute Gasteiger partial charge is 0.497 e. The number of hydrogen-bond donors (Lipinski definition) is 1. The molecule has 0 spiro atoms. The van der Waals surface area contributed by atoms with Crippen LogP contribution in [0.3, 0.4) is 0 Å². The van der Waals surface area contributed by atoms with Crippen LogP contribution >= 0.6 is 0 Å². The van der Waals surface area contributed by atoms with Crippen molar-refractivity contribution in [3.8, 4) is 11.5 Å². The average molecular weight is 244 g/mol. The van der Waals surface area contributed by atoms with Gasteiger partial charge in [-0.1, -0.05) is 0 Å². The number of pyridine rings is 1. The van der Waals surface area contributed by atoms with Crippen LogP contribution < -0.4 is 14.8 Å². The van der Waals surface area contributed by atoms with Crippen LogP contribution in [0.15, 0.2) is 42.7 Å². The number of methoxy groups -OCH3 is 2. The molecule has 1 aromatic carbocycles. The maximum Gasteiger partial charge on any atom is 0.127 e. The normalized spacial score (nSPS) is 9.89. The lowest BCUT2D eigenvalue weighted by Gasteiger charge is -2.11. The molecule has 1 heterocycles. The summed E-state index contributed by atoms with van der Waals surface area (Å²) in [5.41, 5.74) is 2.05. The van der Waals surface area contributed by atoms with E-state index in [0.29, 0.717) is 6.54 Å². The summed E-state index contributed by atoms with van der Waals surface area (Å²) in [6.07, 6.45) is 3.54. The fraction of sp³-hybridized carbons (Fsp3) is 0.214. The first-order chi connectivity index (χ1) is 8.83. The van der Waals surface area contributed by atoms with Crippen molar-refractivity contribution in [1.29, 1.82) is 0 Å². The summed E-state index contributed by atoms with van der Waals surface area (Å²) >= 11 is 0. The lowest BCUT2D eigenvalue weighted by Crippen LogP contribution is -2.02. The molecular formula is C14H16N2O2. The second-order valence-corrected chi connectivity index (χ2v) is 3.77. The molecule has 4 heteroatoms. The Morgan fingerprint density at radius 1 is 1.17 bits per heavy atom. The molecule has 4 nitrogen and oxygen atoms in total. The smallest absolute Gasteiger partial charge is 0.127 e. The molecule has 1 aromatic heterocycles. The van der Waals surface area contributed by atoms with E-state index in [1.807, 2.05) is 30.3 Å². The monoisotopic (exact) mass is 244 g/mol. The zero-order valence-electron chi connectivity index (χ0n) is 10.5. The SMILES string of the molecule is COc1ccc(CNc2cccnc2)c(OC)c1. The lowest BCUT2D eigenvalue weighted by atomic mass is 10.2. The number of hydrogen-bond acceptors (Lipinski definition) is 4. The van der Waals surface area contributed by atoms with E-state index in [4.69, 9.17) is 9.47 Å². The summed E-state index contributed by atoms with van der Waals surface area (Å²) in [5.74, 6) is 1.60. The fourth-order valence-corrected chi connectivity index (χ4v) is 1.66. The van der Waals surface area contributed by atoms with E-state index >= 15 is 0 Å². The van der Waals surface area contributed by atoms with Crippen molar-refractivity contribution in [2.75, 3.05) is 19.5 Å². The van der Waals surface area contributed by atoms with Crippen molar-refractivity contribution in [3.05, 3.63) is 48.3 Å². The van der Waals surface area contributed by atoms with Crippen molar-refractivity contribution < 1.29 is 9.47 Å². The minimum atomic E-state index is 0.679. The molecule has 2 aromatic rings. The summed E-state index contributed by atoms with van der Waals surface area (Å²) in [5, 5.41) is 3.29. The predicted molar refractivity (Wildman–Crippen MR) is 71.1 cm³/mol. The summed E-state index contributed by atoms with van der Waals surface area (Å²) < 4.78 is 10.5. The van der Waals surface area contributed by atoms with Gasteiger partial charge >= 0.3 is 0 Å². The van der Waals surface area contributed by atoms with E-state index in [9.17, 15) is 0 Å². The zero-order chi connectivity index (χ0) is 12.8. The van der Waals surface area contributed by atoms with E-state index in [1.165, 1.54) is 0 Å². The Labute approximate surface area is 107 Å². The third-order valence-corrected chi connectivity index (χ3v) is 2.64. The van der Waals surface area contributed by atoms with Crippen molar-refractivity contribution >= 4 is 5.69 Å². The molecule has 0 aliphatic heterocycles. The van der Waals surface area contributed by atoms with Crippen molar-refractivity contribution in [2.45, 2.75) is 6.54 Å². The Morgan fingerprint density at radius 3 is 2.72 bits per heavy atom. The van der Waals surface area contributed by atoms with Gasteiger partial charge in [0, 0.05) is 30.6 Å². The second kappa shape index (κ2) is 5.91. The number of aromatic nitrogens is 1. The van der Waals surface area contributed by atoms with Gasteiger partial charge in [0.05, 0.1) is 19.9 Å². The number of anilines is 1. The third kappa shape index (κ3) is 2.91. The highest BCUT2D eigenvalue weighted by atomic mass is 16.5. The molecule has 0 bridgehead atoms. The minimum Gasteiger partial charge on any atom is -0.497 e. The molecule has 94 valence electrons. The van der Waals surface area contributed by atoms with Crippen LogP contribution in [0.4, 0.5) is 5.69 Å². The zero-order valence-corrected chi connectivity index (χ0v) is 10.5. The Morgan fingerprint density at radius 2 is 2.06 bits per heavy atom. The molecule has 0 atom stereocenters. The summed E-state index contributed by atoms with van der Waals surface area (Å²) in [7, 11) is 3.30. The molecule has 18 heavy (non-hydrogen) atoms. The second-order valence-electron chi connectivity index (χ2n) is 3.77. The van der Waals surface area contributed by atoms with Gasteiger partial charge in [0.2, 0.25) is 0 Å². The highest BCUT2D eigenvalue weighted by Gasteiger charge is 2.04. The van der Waals surface area contributed by atoms with Crippen LogP contribution in [0.1, 0.15) is 5.56 Å². The quantitative estimate of drug-likeness (QED) is 0.878. The Hall–Kier alpha value is -2.23. The van der Waals surface area contributed by atoms with E-state index in [-0.39, 0.29) is 0 Å². The third-order valence-electron chi connectivity index (χ3n) is 2.64. The fourth-order valence-electron chi connectivity index (χ4n) is 1.66. The topological polar surface area (TPSA) is 43.4 Å². The number of benzene rings is 1. The molecule has 0 radical (unpaired) electrons. The van der Waals surface area contributed by atoms with Gasteiger partial charge in [0.25, 0.3) is 0 Å². The van der Waals surface area contributed by atoms with Gasteiger partial charge < -0.3 is 14.8 Å². The van der Waals surface area contributed by atoms with Crippen LogP contribution in [0.5, 0.6) is 11.5 Å². The van der Waals surface area contributed by atoms with Gasteiger partial charge in [0.1, 0.15) is 11.5 Å². The molecule has 0 saturated carbocycles. The number of rotatable bonds is 5. The van der Waals surface area contributed by atoms with E-state index in [0.717, 1.165) is 22.7 Å². The summed E-state index contributed by atoms with van der Waals surface area (Å²) in [6.45, 7) is 0.679. The van der Waals surface area contributed by atoms with Crippen molar-refractivity contribution in [1.82, 2.24) is 4.98 Å². The molecule has 2 rings (SSSR count). The van der Waals surface area contributed by atoms with Crippen LogP contribution in [0, 0.1) is 0 Å². The molecule has 0 unspecified atom stereocenters. The van der Waals surface area contributed by atoms with Crippen LogP contribution in [0.25, 0.3) is 0 Å². The number of ether oxygens (including phenoxy) is 2. The molecular weight excluding hydrogens is 228 g/mol. The summed E-state index contributed by atoms with van der Waals surface area (Å²) in [6, 6.07) is 9.65. The lowest BCUT2D eigenvalue weighted by molar-refractivity contribution is 0.391. The van der Waals surface area contributed by atoms with Gasteiger partial charge in [-0.3, -0.25) is 4.98 Å². The first-order valence-electron chi connectivity index (χ1n) is 5.68. The van der Waals surface area contributed by atoms with Gasteiger partial charge in [-0.05, 0) is 24.3 Å². The standard InChI is InChI=1S/C14H16N2O2/c1-17-13-6-5-11(14(8-13)18-2)9-16-12-4-3-7-15-10-12/h3-8,10,16H,9H2,1-2H3. The molecule has 1 N–H and O–H groups in total. The first kappa shape index (κ1) is 12.2. The molecule has 0 aliphatic rings. The van der Waals surface area contributed by atoms with Crippen LogP contribution in [-0.2, 0) is 6.54 Å². The molecule has 0 fully saturated rings. The maximum atomic E-state index is 5.34. The molecule has 0 saturated heterocycles. The highest BCUT2D eigenvalue weighted by Crippen LogP contribution is 2.25.